The molecule has 1 fully saturated rings. The van der Waals surface area contributed by atoms with Crippen LogP contribution < -0.4 is 0 Å². The molecule has 0 spiro atoms. The van der Waals surface area contributed by atoms with Gasteiger partial charge in [-0.1, -0.05) is 0 Å². The fraction of sp³-hybridized carbons (Fsp3) is 0.833. The lowest BCUT2D eigenvalue weighted by atomic mass is 10.00. The second-order valence-corrected chi connectivity index (χ2v) is 2.55. The van der Waals surface area contributed by atoms with Gasteiger partial charge < -0.3 is 25.2 Å². The second-order valence-electron chi connectivity index (χ2n) is 2.55. The van der Waals surface area contributed by atoms with Gasteiger partial charge in [-0.05, 0) is 0 Å². The van der Waals surface area contributed by atoms with Crippen LogP contribution in [-0.4, -0.2) is 51.1 Å². The average molecular weight is 175 g/mol. The maximum Gasteiger partial charge on any atom is 0.185 e. The zero-order valence-corrected chi connectivity index (χ0v) is 6.03. The number of nitriles is 1. The molecule has 1 aliphatic rings. The first-order valence-electron chi connectivity index (χ1n) is 3.35. The van der Waals surface area contributed by atoms with Crippen molar-refractivity contribution in [3.05, 3.63) is 0 Å². The van der Waals surface area contributed by atoms with Crippen molar-refractivity contribution in [3.63, 3.8) is 0 Å². The third-order valence-electron chi connectivity index (χ3n) is 1.72. The Balaban J connectivity index is 2.72. The SMILES string of the molecule is N#CC1OC(O)[C@@H](O)[C@H](O)[C@@H]1O. The first kappa shape index (κ1) is 9.38. The zero-order valence-electron chi connectivity index (χ0n) is 6.03. The van der Waals surface area contributed by atoms with E-state index in [4.69, 9.17) is 25.7 Å². The van der Waals surface area contributed by atoms with Gasteiger partial charge in [0.15, 0.2) is 12.4 Å². The van der Waals surface area contributed by atoms with Crippen molar-refractivity contribution in [1.82, 2.24) is 0 Å². The molecule has 1 aliphatic heterocycles. The molecule has 4 N–H and O–H groups in total. The maximum absolute atomic E-state index is 9.06. The maximum atomic E-state index is 9.06. The molecule has 0 aromatic carbocycles. The van der Waals surface area contributed by atoms with E-state index < -0.39 is 30.7 Å². The Morgan fingerprint density at radius 3 is 2.08 bits per heavy atom. The number of aliphatic hydroxyl groups is 4. The monoisotopic (exact) mass is 175 g/mol. The number of hydrogen-bond acceptors (Lipinski definition) is 6. The molecule has 6 heteroatoms. The molecule has 5 atom stereocenters. The fourth-order valence-electron chi connectivity index (χ4n) is 0.968. The predicted octanol–water partition coefficient (Wildman–Crippen LogP) is -2.69. The molecule has 1 rings (SSSR count). The average Bonchev–Trinajstić information content (AvgIpc) is 2.08. The minimum atomic E-state index is -1.63. The van der Waals surface area contributed by atoms with Crippen LogP contribution in [0.1, 0.15) is 0 Å². The molecule has 0 aromatic heterocycles. The molecule has 1 saturated heterocycles. The Hall–Kier alpha value is -0.710. The summed E-state index contributed by atoms with van der Waals surface area (Å²) in [5, 5.41) is 44.2. The van der Waals surface area contributed by atoms with E-state index in [-0.39, 0.29) is 0 Å². The molecule has 2 unspecified atom stereocenters. The normalized spacial score (nSPS) is 48.4. The highest BCUT2D eigenvalue weighted by Crippen LogP contribution is 2.18. The van der Waals surface area contributed by atoms with Crippen molar-refractivity contribution >= 4 is 0 Å². The topological polar surface area (TPSA) is 114 Å². The number of hydrogen-bond donors (Lipinski definition) is 4. The molecule has 0 radical (unpaired) electrons. The summed E-state index contributed by atoms with van der Waals surface area (Å²) in [6.45, 7) is 0. The Morgan fingerprint density at radius 1 is 1.00 bits per heavy atom. The molecule has 1 heterocycles. The third kappa shape index (κ3) is 1.41. The van der Waals surface area contributed by atoms with E-state index in [1.54, 1.807) is 0 Å². The van der Waals surface area contributed by atoms with Crippen LogP contribution in [0.3, 0.4) is 0 Å². The van der Waals surface area contributed by atoms with Gasteiger partial charge in [-0.15, -0.1) is 0 Å². The Kier molecular flexibility index (Phi) is 2.62. The van der Waals surface area contributed by atoms with Gasteiger partial charge in [-0.3, -0.25) is 0 Å². The van der Waals surface area contributed by atoms with E-state index in [1.807, 2.05) is 0 Å². The summed E-state index contributed by atoms with van der Waals surface area (Å²) in [6, 6.07) is 1.53. The molecule has 0 amide bonds. The number of aliphatic hydroxyl groups excluding tert-OH is 4. The lowest BCUT2D eigenvalue weighted by molar-refractivity contribution is -0.269. The summed E-state index contributed by atoms with van der Waals surface area (Å²) in [5.74, 6) is 0. The highest BCUT2D eigenvalue weighted by atomic mass is 16.6. The van der Waals surface area contributed by atoms with E-state index in [0.717, 1.165) is 0 Å². The highest BCUT2D eigenvalue weighted by Gasteiger charge is 2.42. The molecule has 68 valence electrons. The minimum absolute atomic E-state index is 1.31. The van der Waals surface area contributed by atoms with Gasteiger partial charge in [0.05, 0.1) is 6.07 Å². The largest absolute Gasteiger partial charge is 0.387 e. The first-order valence-corrected chi connectivity index (χ1v) is 3.35. The minimum Gasteiger partial charge on any atom is -0.387 e. The number of nitrogens with zero attached hydrogens (tertiary/aromatic N) is 1. The zero-order chi connectivity index (χ0) is 9.30. The van der Waals surface area contributed by atoms with Gasteiger partial charge in [0.2, 0.25) is 0 Å². The summed E-state index contributed by atoms with van der Waals surface area (Å²) in [7, 11) is 0. The standard InChI is InChI=1S/C6H9NO5/c7-1-2-3(8)4(9)5(10)6(11)12-2/h2-6,8-11H/t2?,3-,4-,5+,6?/m1/s1. The lowest BCUT2D eigenvalue weighted by Gasteiger charge is -2.35. The molecule has 0 bridgehead atoms. The molecule has 12 heavy (non-hydrogen) atoms. The van der Waals surface area contributed by atoms with E-state index >= 15 is 0 Å². The van der Waals surface area contributed by atoms with Crippen LogP contribution >= 0.6 is 0 Å². The predicted molar refractivity (Wildman–Crippen MR) is 34.5 cm³/mol. The number of rotatable bonds is 0. The van der Waals surface area contributed by atoms with Gasteiger partial charge in [0, 0.05) is 0 Å². The van der Waals surface area contributed by atoms with Crippen molar-refractivity contribution in [3.8, 4) is 6.07 Å². The summed E-state index contributed by atoms with van der Waals surface area (Å²) in [4.78, 5) is 0. The summed E-state index contributed by atoms with van der Waals surface area (Å²) in [6.07, 6.45) is -7.57. The van der Waals surface area contributed by atoms with Gasteiger partial charge in [-0.25, -0.2) is 0 Å². The smallest absolute Gasteiger partial charge is 0.185 e. The quantitative estimate of drug-likeness (QED) is 0.319. The molecule has 0 aromatic rings. The van der Waals surface area contributed by atoms with E-state index in [1.165, 1.54) is 6.07 Å². The number of ether oxygens (including phenoxy) is 1. The van der Waals surface area contributed by atoms with Crippen LogP contribution in [0.4, 0.5) is 0 Å². The molecular formula is C6H9NO5. The third-order valence-corrected chi connectivity index (χ3v) is 1.72. The Labute approximate surface area is 68.2 Å². The van der Waals surface area contributed by atoms with Crippen LogP contribution in [0.5, 0.6) is 0 Å². The Bertz CT molecular complexity index is 203. The summed E-state index contributed by atoms with van der Waals surface area (Å²) >= 11 is 0. The van der Waals surface area contributed by atoms with E-state index in [2.05, 4.69) is 4.74 Å². The second kappa shape index (κ2) is 3.35. The lowest BCUT2D eigenvalue weighted by Crippen LogP contribution is -2.56. The van der Waals surface area contributed by atoms with Crippen LogP contribution in [-0.2, 0) is 4.74 Å². The van der Waals surface area contributed by atoms with Gasteiger partial charge in [0.1, 0.15) is 18.3 Å². The van der Waals surface area contributed by atoms with Gasteiger partial charge in [0.25, 0.3) is 0 Å². The van der Waals surface area contributed by atoms with Crippen LogP contribution in [0, 0.1) is 11.3 Å². The molecular weight excluding hydrogens is 166 g/mol. The first-order chi connectivity index (χ1) is 5.57. The van der Waals surface area contributed by atoms with E-state index in [9.17, 15) is 0 Å². The van der Waals surface area contributed by atoms with Crippen molar-refractivity contribution in [2.24, 2.45) is 0 Å². The Morgan fingerprint density at radius 2 is 1.58 bits per heavy atom. The van der Waals surface area contributed by atoms with Gasteiger partial charge >= 0.3 is 0 Å². The summed E-state index contributed by atoms with van der Waals surface area (Å²) in [5.41, 5.74) is 0. The van der Waals surface area contributed by atoms with Crippen molar-refractivity contribution < 1.29 is 25.2 Å². The fourth-order valence-corrected chi connectivity index (χ4v) is 0.968. The van der Waals surface area contributed by atoms with E-state index in [0.29, 0.717) is 0 Å². The van der Waals surface area contributed by atoms with Crippen LogP contribution in [0.25, 0.3) is 0 Å². The summed E-state index contributed by atoms with van der Waals surface area (Å²) < 4.78 is 4.46. The van der Waals surface area contributed by atoms with Crippen LogP contribution in [0.2, 0.25) is 0 Å². The van der Waals surface area contributed by atoms with Crippen molar-refractivity contribution in [2.45, 2.75) is 30.7 Å². The van der Waals surface area contributed by atoms with Crippen molar-refractivity contribution in [1.29, 1.82) is 5.26 Å². The molecule has 0 aliphatic carbocycles. The van der Waals surface area contributed by atoms with Gasteiger partial charge in [-0.2, -0.15) is 5.26 Å². The van der Waals surface area contributed by atoms with Crippen molar-refractivity contribution in [2.75, 3.05) is 0 Å². The molecule has 6 nitrogen and oxygen atoms in total. The van der Waals surface area contributed by atoms with Crippen LogP contribution in [0.15, 0.2) is 0 Å². The highest BCUT2D eigenvalue weighted by molar-refractivity contribution is 4.99. The molecule has 0 saturated carbocycles.